The van der Waals surface area contributed by atoms with Crippen molar-refractivity contribution >= 4 is 11.9 Å². The van der Waals surface area contributed by atoms with Gasteiger partial charge in [-0.1, -0.05) is 0 Å². The number of carbonyl (C=O) groups is 2. The quantitative estimate of drug-likeness (QED) is 0.729. The molecule has 92 valence electrons. The van der Waals surface area contributed by atoms with Gasteiger partial charge in [-0.3, -0.25) is 9.48 Å². The summed E-state index contributed by atoms with van der Waals surface area (Å²) in [7, 11) is 0. The summed E-state index contributed by atoms with van der Waals surface area (Å²) in [5.41, 5.74) is 1.78. The highest BCUT2D eigenvalue weighted by atomic mass is 16.4. The molecule has 0 fully saturated rings. The van der Waals surface area contributed by atoms with Gasteiger partial charge in [-0.25, -0.2) is 4.79 Å². The monoisotopic (exact) mass is 237 g/mol. The summed E-state index contributed by atoms with van der Waals surface area (Å²) in [5.74, 6) is -1.58. The number of aryl methyl sites for hydroxylation is 2. The average molecular weight is 237 g/mol. The number of hydrogen-bond donors (Lipinski definition) is 2. The highest BCUT2D eigenvalue weighted by Crippen LogP contribution is 2.04. The van der Waals surface area contributed by atoms with Crippen molar-refractivity contribution in [1.82, 2.24) is 15.1 Å². The first-order valence-electron chi connectivity index (χ1n) is 5.24. The van der Waals surface area contributed by atoms with Crippen LogP contribution in [0.3, 0.4) is 0 Å². The van der Waals surface area contributed by atoms with E-state index in [4.69, 9.17) is 5.11 Å². The molecule has 6 heteroatoms. The number of carboxylic acids is 1. The van der Waals surface area contributed by atoms with Crippen LogP contribution in [0.2, 0.25) is 0 Å². The number of rotatable bonds is 5. The van der Waals surface area contributed by atoms with Crippen LogP contribution in [0.5, 0.6) is 0 Å². The summed E-state index contributed by atoms with van der Waals surface area (Å²) < 4.78 is 1.78. The van der Waals surface area contributed by atoms with E-state index >= 15 is 0 Å². The third-order valence-electron chi connectivity index (χ3n) is 2.20. The molecule has 0 unspecified atom stereocenters. The van der Waals surface area contributed by atoms with Crippen LogP contribution in [0.25, 0.3) is 0 Å². The zero-order chi connectivity index (χ0) is 12.8. The molecule has 2 N–H and O–H groups in total. The molecule has 0 aliphatic heterocycles. The standard InChI is InChI=1S/C11H15N3O3/c1-3-14-7-9(8(2)13-14)6-12-10(15)4-5-11(16)17/h4-5,7H,3,6H2,1-2H3,(H,12,15)(H,16,17). The second-order valence-corrected chi connectivity index (χ2v) is 3.48. The van der Waals surface area contributed by atoms with Gasteiger partial charge in [0, 0.05) is 37.0 Å². The second-order valence-electron chi connectivity index (χ2n) is 3.48. The molecule has 1 aromatic heterocycles. The first-order valence-corrected chi connectivity index (χ1v) is 5.24. The summed E-state index contributed by atoms with van der Waals surface area (Å²) in [6, 6.07) is 0. The molecule has 0 saturated carbocycles. The van der Waals surface area contributed by atoms with Gasteiger partial charge in [0.2, 0.25) is 5.91 Å². The number of amides is 1. The van der Waals surface area contributed by atoms with Crippen molar-refractivity contribution in [2.75, 3.05) is 0 Å². The van der Waals surface area contributed by atoms with E-state index in [1.54, 1.807) is 4.68 Å². The summed E-state index contributed by atoms with van der Waals surface area (Å²) >= 11 is 0. The number of carbonyl (C=O) groups excluding carboxylic acids is 1. The zero-order valence-corrected chi connectivity index (χ0v) is 9.80. The van der Waals surface area contributed by atoms with Crippen LogP contribution < -0.4 is 5.32 Å². The maximum atomic E-state index is 11.2. The molecule has 1 aromatic rings. The number of carboxylic acid groups (broad SMARTS) is 1. The predicted octanol–water partition coefficient (Wildman–Crippen LogP) is 0.468. The molecule has 1 rings (SSSR count). The van der Waals surface area contributed by atoms with Crippen molar-refractivity contribution < 1.29 is 14.7 Å². The molecule has 17 heavy (non-hydrogen) atoms. The molecule has 0 saturated heterocycles. The van der Waals surface area contributed by atoms with Crippen molar-refractivity contribution in [3.63, 3.8) is 0 Å². The Labute approximate surface area is 98.9 Å². The topological polar surface area (TPSA) is 84.2 Å². The Kier molecular flexibility index (Phi) is 4.45. The fraction of sp³-hybridized carbons (Fsp3) is 0.364. The number of nitrogens with one attached hydrogen (secondary N) is 1. The van der Waals surface area contributed by atoms with E-state index < -0.39 is 11.9 Å². The molecular weight excluding hydrogens is 222 g/mol. The predicted molar refractivity (Wildman–Crippen MR) is 61.3 cm³/mol. The van der Waals surface area contributed by atoms with E-state index in [0.717, 1.165) is 30.0 Å². The van der Waals surface area contributed by atoms with Gasteiger partial charge in [0.25, 0.3) is 0 Å². The third kappa shape index (κ3) is 4.10. The highest BCUT2D eigenvalue weighted by molar-refractivity contribution is 5.93. The van der Waals surface area contributed by atoms with Crippen molar-refractivity contribution in [1.29, 1.82) is 0 Å². The Morgan fingerprint density at radius 1 is 1.53 bits per heavy atom. The summed E-state index contributed by atoms with van der Waals surface area (Å²) in [5, 5.41) is 15.2. The zero-order valence-electron chi connectivity index (χ0n) is 9.80. The minimum atomic E-state index is -1.14. The van der Waals surface area contributed by atoms with Crippen molar-refractivity contribution in [3.05, 3.63) is 29.6 Å². The number of hydrogen-bond acceptors (Lipinski definition) is 3. The molecule has 1 amide bonds. The molecule has 1 heterocycles. The smallest absolute Gasteiger partial charge is 0.328 e. The molecule has 0 aliphatic rings. The van der Waals surface area contributed by atoms with Crippen LogP contribution >= 0.6 is 0 Å². The Morgan fingerprint density at radius 2 is 2.24 bits per heavy atom. The largest absolute Gasteiger partial charge is 0.478 e. The fourth-order valence-corrected chi connectivity index (χ4v) is 1.28. The highest BCUT2D eigenvalue weighted by Gasteiger charge is 2.04. The van der Waals surface area contributed by atoms with Crippen LogP contribution in [0.15, 0.2) is 18.3 Å². The minimum Gasteiger partial charge on any atom is -0.478 e. The second kappa shape index (κ2) is 5.83. The van der Waals surface area contributed by atoms with Gasteiger partial charge >= 0.3 is 5.97 Å². The van der Waals surface area contributed by atoms with E-state index in [-0.39, 0.29) is 0 Å². The SMILES string of the molecule is CCn1cc(CNC(=O)C=CC(=O)O)c(C)n1. The Morgan fingerprint density at radius 3 is 2.76 bits per heavy atom. The molecule has 0 bridgehead atoms. The molecular formula is C11H15N3O3. The Bertz CT molecular complexity index is 449. The van der Waals surface area contributed by atoms with Gasteiger partial charge in [-0.2, -0.15) is 5.10 Å². The maximum Gasteiger partial charge on any atom is 0.328 e. The average Bonchev–Trinajstić information content (AvgIpc) is 2.64. The number of aromatic nitrogens is 2. The van der Waals surface area contributed by atoms with Gasteiger partial charge < -0.3 is 10.4 Å². The van der Waals surface area contributed by atoms with Crippen molar-refractivity contribution in [2.24, 2.45) is 0 Å². The van der Waals surface area contributed by atoms with Gasteiger partial charge in [0.15, 0.2) is 0 Å². The maximum absolute atomic E-state index is 11.2. The summed E-state index contributed by atoms with van der Waals surface area (Å²) in [6.07, 6.45) is 3.65. The van der Waals surface area contributed by atoms with Crippen LogP contribution in [0, 0.1) is 6.92 Å². The van der Waals surface area contributed by atoms with Gasteiger partial charge in [0.05, 0.1) is 5.69 Å². The van der Waals surface area contributed by atoms with Crippen molar-refractivity contribution in [2.45, 2.75) is 26.9 Å². The van der Waals surface area contributed by atoms with Crippen LogP contribution in [0.1, 0.15) is 18.2 Å². The molecule has 0 aromatic carbocycles. The van der Waals surface area contributed by atoms with E-state index in [1.165, 1.54) is 0 Å². The lowest BCUT2D eigenvalue weighted by atomic mass is 10.2. The number of nitrogens with zero attached hydrogens (tertiary/aromatic N) is 2. The first-order chi connectivity index (χ1) is 8.02. The first kappa shape index (κ1) is 13.0. The Hall–Kier alpha value is -2.11. The van der Waals surface area contributed by atoms with Crippen LogP contribution in [-0.2, 0) is 22.7 Å². The van der Waals surface area contributed by atoms with Gasteiger partial charge in [-0.15, -0.1) is 0 Å². The van der Waals surface area contributed by atoms with E-state index in [2.05, 4.69) is 10.4 Å². The molecule has 0 atom stereocenters. The molecule has 6 nitrogen and oxygen atoms in total. The lowest BCUT2D eigenvalue weighted by Gasteiger charge is -1.99. The summed E-state index contributed by atoms with van der Waals surface area (Å²) in [6.45, 7) is 4.95. The van der Waals surface area contributed by atoms with Gasteiger partial charge in [0.1, 0.15) is 0 Å². The normalized spacial score (nSPS) is 10.7. The molecule has 0 aliphatic carbocycles. The van der Waals surface area contributed by atoms with Crippen molar-refractivity contribution in [3.8, 4) is 0 Å². The van der Waals surface area contributed by atoms with Gasteiger partial charge in [-0.05, 0) is 13.8 Å². The minimum absolute atomic E-state index is 0.342. The van der Waals surface area contributed by atoms with E-state index in [0.29, 0.717) is 6.54 Å². The lowest BCUT2D eigenvalue weighted by molar-refractivity contribution is -0.131. The van der Waals surface area contributed by atoms with Crippen LogP contribution in [-0.4, -0.2) is 26.8 Å². The number of aliphatic carboxylic acids is 1. The molecule has 0 spiro atoms. The summed E-state index contributed by atoms with van der Waals surface area (Å²) in [4.78, 5) is 21.4. The Balaban J connectivity index is 2.52. The fourth-order valence-electron chi connectivity index (χ4n) is 1.28. The third-order valence-corrected chi connectivity index (χ3v) is 2.20. The van der Waals surface area contributed by atoms with Crippen LogP contribution in [0.4, 0.5) is 0 Å². The van der Waals surface area contributed by atoms with E-state index in [9.17, 15) is 9.59 Å². The molecule has 0 radical (unpaired) electrons. The van der Waals surface area contributed by atoms with E-state index in [1.807, 2.05) is 20.0 Å². The lowest BCUT2D eigenvalue weighted by Crippen LogP contribution is -2.20.